The molecule has 1 heterocycles. The van der Waals surface area contributed by atoms with Crippen LogP contribution in [0.2, 0.25) is 0 Å². The number of hydrogen-bond donors (Lipinski definition) is 1. The van der Waals surface area contributed by atoms with Crippen LogP contribution in [0.4, 0.5) is 4.39 Å². The highest BCUT2D eigenvalue weighted by Crippen LogP contribution is 2.31. The molecule has 1 saturated heterocycles. The van der Waals surface area contributed by atoms with Gasteiger partial charge in [-0.05, 0) is 43.8 Å². The van der Waals surface area contributed by atoms with E-state index in [0.717, 1.165) is 19.5 Å². The van der Waals surface area contributed by atoms with Gasteiger partial charge in [-0.15, -0.1) is 0 Å². The Morgan fingerprint density at radius 3 is 2.83 bits per heavy atom. The Morgan fingerprint density at radius 1 is 1.28 bits per heavy atom. The molecule has 0 aliphatic carbocycles. The number of halogens is 1. The molecule has 0 bridgehead atoms. The quantitative estimate of drug-likeness (QED) is 0.869. The van der Waals surface area contributed by atoms with Crippen molar-refractivity contribution in [2.24, 2.45) is 5.41 Å². The van der Waals surface area contributed by atoms with Gasteiger partial charge in [0.1, 0.15) is 0 Å². The van der Waals surface area contributed by atoms with E-state index in [-0.39, 0.29) is 5.75 Å². The highest BCUT2D eigenvalue weighted by Gasteiger charge is 2.23. The van der Waals surface area contributed by atoms with Gasteiger partial charge in [-0.25, -0.2) is 4.39 Å². The number of phenolic OH excluding ortho intramolecular Hbond substituents is 1. The average Bonchev–Trinajstić information content (AvgIpc) is 2.47. The molecule has 0 saturated carbocycles. The second-order valence-corrected chi connectivity index (χ2v) is 6.04. The van der Waals surface area contributed by atoms with Crippen molar-refractivity contribution in [2.75, 3.05) is 13.1 Å². The molecule has 1 aromatic rings. The molecule has 0 unspecified atom stereocenters. The van der Waals surface area contributed by atoms with Crippen molar-refractivity contribution in [3.05, 3.63) is 29.6 Å². The molecule has 18 heavy (non-hydrogen) atoms. The fraction of sp³-hybridized carbons (Fsp3) is 0.600. The summed E-state index contributed by atoms with van der Waals surface area (Å²) in [6.45, 7) is 7.29. The summed E-state index contributed by atoms with van der Waals surface area (Å²) in [6, 6.07) is 4.75. The van der Waals surface area contributed by atoms with Gasteiger partial charge in [0.25, 0.3) is 0 Å². The molecule has 0 amide bonds. The summed E-state index contributed by atoms with van der Waals surface area (Å²) in [6.07, 6.45) is 3.56. The van der Waals surface area contributed by atoms with Crippen molar-refractivity contribution < 1.29 is 9.50 Å². The van der Waals surface area contributed by atoms with Gasteiger partial charge >= 0.3 is 0 Å². The van der Waals surface area contributed by atoms with Crippen LogP contribution in [-0.2, 0) is 6.54 Å². The predicted octanol–water partition coefficient (Wildman–Crippen LogP) is 3.54. The maximum atomic E-state index is 13.3. The van der Waals surface area contributed by atoms with Gasteiger partial charge in [-0.2, -0.15) is 0 Å². The van der Waals surface area contributed by atoms with E-state index in [4.69, 9.17) is 0 Å². The minimum Gasteiger partial charge on any atom is -0.505 e. The van der Waals surface area contributed by atoms with Gasteiger partial charge in [0.2, 0.25) is 0 Å². The maximum Gasteiger partial charge on any atom is 0.165 e. The third-order valence-corrected chi connectivity index (χ3v) is 3.90. The normalized spacial score (nSPS) is 20.6. The molecule has 0 spiro atoms. The van der Waals surface area contributed by atoms with E-state index < -0.39 is 5.82 Å². The van der Waals surface area contributed by atoms with Crippen molar-refractivity contribution in [1.82, 2.24) is 4.90 Å². The zero-order valence-corrected chi connectivity index (χ0v) is 11.2. The molecule has 100 valence electrons. The standard InChI is InChI=1S/C15H22FNO/c1-15(2)7-4-9-17(10-8-15)11-12-5-3-6-13(16)14(12)18/h3,5-6,18H,4,7-11H2,1-2H3. The second-order valence-electron chi connectivity index (χ2n) is 6.04. The summed E-state index contributed by atoms with van der Waals surface area (Å²) in [7, 11) is 0. The molecule has 2 rings (SSSR count). The first-order valence-corrected chi connectivity index (χ1v) is 6.67. The van der Waals surface area contributed by atoms with Gasteiger partial charge in [0.05, 0.1) is 0 Å². The topological polar surface area (TPSA) is 23.5 Å². The zero-order chi connectivity index (χ0) is 13.2. The summed E-state index contributed by atoms with van der Waals surface area (Å²) < 4.78 is 13.3. The summed E-state index contributed by atoms with van der Waals surface area (Å²) >= 11 is 0. The van der Waals surface area contributed by atoms with Crippen LogP contribution in [0, 0.1) is 11.2 Å². The lowest BCUT2D eigenvalue weighted by Crippen LogP contribution is -2.25. The van der Waals surface area contributed by atoms with Crippen LogP contribution in [0.1, 0.15) is 38.7 Å². The van der Waals surface area contributed by atoms with Gasteiger partial charge in [0, 0.05) is 12.1 Å². The summed E-state index contributed by atoms with van der Waals surface area (Å²) in [5.41, 5.74) is 1.09. The van der Waals surface area contributed by atoms with Crippen molar-refractivity contribution in [2.45, 2.75) is 39.7 Å². The van der Waals surface area contributed by atoms with Crippen LogP contribution in [0.25, 0.3) is 0 Å². The van der Waals surface area contributed by atoms with Crippen LogP contribution >= 0.6 is 0 Å². The third-order valence-electron chi connectivity index (χ3n) is 3.90. The lowest BCUT2D eigenvalue weighted by molar-refractivity contribution is 0.252. The monoisotopic (exact) mass is 251 g/mol. The third kappa shape index (κ3) is 3.22. The Labute approximate surface area is 108 Å². The number of hydrogen-bond acceptors (Lipinski definition) is 2. The fourth-order valence-corrected chi connectivity index (χ4v) is 2.57. The minimum atomic E-state index is -0.525. The van der Waals surface area contributed by atoms with Gasteiger partial charge in [-0.1, -0.05) is 26.0 Å². The first-order chi connectivity index (χ1) is 8.48. The number of benzene rings is 1. The summed E-state index contributed by atoms with van der Waals surface area (Å²) in [5, 5.41) is 9.70. The number of phenols is 1. The molecule has 3 heteroatoms. The second kappa shape index (κ2) is 5.27. The lowest BCUT2D eigenvalue weighted by Gasteiger charge is -2.23. The number of aromatic hydroxyl groups is 1. The van der Waals surface area contributed by atoms with E-state index in [1.165, 1.54) is 18.9 Å². The highest BCUT2D eigenvalue weighted by atomic mass is 19.1. The minimum absolute atomic E-state index is 0.194. The van der Waals surface area contributed by atoms with Crippen LogP contribution in [0.3, 0.4) is 0 Å². The van der Waals surface area contributed by atoms with E-state index in [2.05, 4.69) is 18.7 Å². The molecule has 1 N–H and O–H groups in total. The molecule has 1 fully saturated rings. The van der Waals surface area contributed by atoms with Gasteiger partial charge in [0.15, 0.2) is 11.6 Å². The smallest absolute Gasteiger partial charge is 0.165 e. The fourth-order valence-electron chi connectivity index (χ4n) is 2.57. The molecular formula is C15H22FNO. The molecule has 1 aliphatic heterocycles. The molecule has 1 aromatic carbocycles. The highest BCUT2D eigenvalue weighted by molar-refractivity contribution is 5.33. The van der Waals surface area contributed by atoms with E-state index >= 15 is 0 Å². The Morgan fingerprint density at radius 2 is 2.06 bits per heavy atom. The first kappa shape index (κ1) is 13.3. The first-order valence-electron chi connectivity index (χ1n) is 6.67. The number of nitrogens with zero attached hydrogens (tertiary/aromatic N) is 1. The lowest BCUT2D eigenvalue weighted by atomic mass is 9.85. The molecule has 0 radical (unpaired) electrons. The predicted molar refractivity (Wildman–Crippen MR) is 71.0 cm³/mol. The Kier molecular flexibility index (Phi) is 3.91. The maximum absolute atomic E-state index is 13.3. The Bertz CT molecular complexity index is 417. The Balaban J connectivity index is 2.03. The molecule has 0 aromatic heterocycles. The largest absolute Gasteiger partial charge is 0.505 e. The van der Waals surface area contributed by atoms with Crippen molar-refractivity contribution >= 4 is 0 Å². The zero-order valence-electron chi connectivity index (χ0n) is 11.2. The van der Waals surface area contributed by atoms with Crippen LogP contribution < -0.4 is 0 Å². The SMILES string of the molecule is CC1(C)CCCN(Cc2cccc(F)c2O)CC1. The number of likely N-dealkylation sites (tertiary alicyclic amines) is 1. The van der Waals surface area contributed by atoms with Crippen molar-refractivity contribution in [3.8, 4) is 5.75 Å². The molecule has 0 atom stereocenters. The van der Waals surface area contributed by atoms with Gasteiger partial charge < -0.3 is 5.11 Å². The number of rotatable bonds is 2. The average molecular weight is 251 g/mol. The molecular weight excluding hydrogens is 229 g/mol. The van der Waals surface area contributed by atoms with E-state index in [0.29, 0.717) is 17.5 Å². The summed E-state index contributed by atoms with van der Waals surface area (Å²) in [4.78, 5) is 2.31. The van der Waals surface area contributed by atoms with E-state index in [9.17, 15) is 9.50 Å². The number of para-hydroxylation sites is 1. The van der Waals surface area contributed by atoms with Crippen molar-refractivity contribution in [3.63, 3.8) is 0 Å². The van der Waals surface area contributed by atoms with E-state index in [1.807, 2.05) is 0 Å². The molecule has 1 aliphatic rings. The molecule has 2 nitrogen and oxygen atoms in total. The summed E-state index contributed by atoms with van der Waals surface area (Å²) in [5.74, 6) is -0.719. The van der Waals surface area contributed by atoms with Gasteiger partial charge in [-0.3, -0.25) is 4.90 Å². The van der Waals surface area contributed by atoms with E-state index in [1.54, 1.807) is 12.1 Å². The van der Waals surface area contributed by atoms with Crippen LogP contribution in [-0.4, -0.2) is 23.1 Å². The van der Waals surface area contributed by atoms with Crippen LogP contribution in [0.5, 0.6) is 5.75 Å². The van der Waals surface area contributed by atoms with Crippen molar-refractivity contribution in [1.29, 1.82) is 0 Å². The Hall–Kier alpha value is -1.09. The van der Waals surface area contributed by atoms with Crippen LogP contribution in [0.15, 0.2) is 18.2 Å².